The molecule has 0 radical (unpaired) electrons. The Morgan fingerprint density at radius 2 is 2.06 bits per heavy atom. The summed E-state index contributed by atoms with van der Waals surface area (Å²) in [6, 6.07) is 10.5. The topological polar surface area (TPSA) is 20.3 Å². The maximum atomic E-state index is 12.0. The van der Waals surface area contributed by atoms with Gasteiger partial charge in [0.05, 0.1) is 0 Å². The maximum absolute atomic E-state index is 12.0. The molecule has 2 heterocycles. The zero-order chi connectivity index (χ0) is 11.2. The summed E-state index contributed by atoms with van der Waals surface area (Å²) >= 11 is 0. The van der Waals surface area contributed by atoms with Crippen molar-refractivity contribution in [1.29, 1.82) is 0 Å². The van der Waals surface area contributed by atoms with Gasteiger partial charge in [0.25, 0.3) is 0 Å². The van der Waals surface area contributed by atoms with Gasteiger partial charge in [-0.25, -0.2) is 0 Å². The molecule has 2 fully saturated rings. The van der Waals surface area contributed by atoms with Gasteiger partial charge in [0, 0.05) is 24.4 Å². The Morgan fingerprint density at radius 1 is 1.31 bits per heavy atom. The first-order valence-electron chi connectivity index (χ1n) is 6.07. The lowest BCUT2D eigenvalue weighted by molar-refractivity contribution is -0.129. The highest BCUT2D eigenvalue weighted by atomic mass is 16.2. The molecule has 1 amide bonds. The average Bonchev–Trinajstić information content (AvgIpc) is 2.79. The minimum absolute atomic E-state index is 0.0818. The van der Waals surface area contributed by atoms with Crippen LogP contribution in [0.3, 0.4) is 0 Å². The van der Waals surface area contributed by atoms with E-state index in [1.807, 2.05) is 6.07 Å². The smallest absolute Gasteiger partial charge is 0.223 e. The van der Waals surface area contributed by atoms with Crippen molar-refractivity contribution >= 4 is 5.91 Å². The molecule has 2 aliphatic rings. The number of nitrogens with zero attached hydrogens (tertiary/aromatic N) is 1. The van der Waals surface area contributed by atoms with E-state index in [1.54, 1.807) is 0 Å². The first-order valence-corrected chi connectivity index (χ1v) is 6.07. The van der Waals surface area contributed by atoms with E-state index in [1.165, 1.54) is 5.56 Å². The van der Waals surface area contributed by atoms with E-state index >= 15 is 0 Å². The number of hydrogen-bond acceptors (Lipinski definition) is 1. The molecule has 0 bridgehead atoms. The Bertz CT molecular complexity index is 414. The van der Waals surface area contributed by atoms with Gasteiger partial charge in [0.15, 0.2) is 0 Å². The zero-order valence-electron chi connectivity index (χ0n) is 9.65. The molecule has 2 nitrogen and oxygen atoms in total. The minimum Gasteiger partial charge on any atom is -0.337 e. The summed E-state index contributed by atoms with van der Waals surface area (Å²) in [6.07, 6.45) is 3.00. The van der Waals surface area contributed by atoms with Crippen molar-refractivity contribution in [3.05, 3.63) is 35.9 Å². The lowest BCUT2D eigenvalue weighted by Crippen LogP contribution is -2.40. The van der Waals surface area contributed by atoms with Crippen LogP contribution in [0.25, 0.3) is 0 Å². The highest BCUT2D eigenvalue weighted by Crippen LogP contribution is 2.48. The Labute approximate surface area is 96.3 Å². The molecule has 0 spiro atoms. The Kier molecular flexibility index (Phi) is 2.06. The fourth-order valence-electron chi connectivity index (χ4n) is 3.42. The van der Waals surface area contributed by atoms with E-state index in [4.69, 9.17) is 0 Å². The fraction of sp³-hybridized carbons (Fsp3) is 0.500. The van der Waals surface area contributed by atoms with Crippen LogP contribution in [0.15, 0.2) is 30.3 Å². The van der Waals surface area contributed by atoms with Crippen molar-refractivity contribution in [2.45, 2.75) is 37.6 Å². The van der Waals surface area contributed by atoms with Gasteiger partial charge in [-0.3, -0.25) is 4.79 Å². The molecule has 0 aromatic heterocycles. The van der Waals surface area contributed by atoms with Gasteiger partial charge in [-0.1, -0.05) is 30.3 Å². The molecular formula is C14H17NO. The molecule has 2 heteroatoms. The van der Waals surface area contributed by atoms with Crippen molar-refractivity contribution in [3.63, 3.8) is 0 Å². The van der Waals surface area contributed by atoms with Crippen LogP contribution in [0.2, 0.25) is 0 Å². The van der Waals surface area contributed by atoms with Crippen molar-refractivity contribution < 1.29 is 4.79 Å². The predicted octanol–water partition coefficient (Wildman–Crippen LogP) is 2.56. The number of rotatable bonds is 1. The van der Waals surface area contributed by atoms with Crippen LogP contribution in [-0.2, 0) is 4.79 Å². The number of hydrogen-bond donors (Lipinski definition) is 0. The lowest BCUT2D eigenvalue weighted by Gasteiger charge is -2.33. The number of amides is 1. The van der Waals surface area contributed by atoms with E-state index in [0.717, 1.165) is 19.4 Å². The van der Waals surface area contributed by atoms with Crippen molar-refractivity contribution in [1.82, 2.24) is 4.90 Å². The monoisotopic (exact) mass is 215 g/mol. The van der Waals surface area contributed by atoms with E-state index in [2.05, 4.69) is 36.1 Å². The second-order valence-electron chi connectivity index (χ2n) is 5.17. The molecule has 0 N–H and O–H groups in total. The van der Waals surface area contributed by atoms with E-state index in [0.29, 0.717) is 18.2 Å². The van der Waals surface area contributed by atoms with E-state index in [-0.39, 0.29) is 5.54 Å². The predicted molar refractivity (Wildman–Crippen MR) is 63.2 cm³/mol. The fourth-order valence-corrected chi connectivity index (χ4v) is 3.42. The van der Waals surface area contributed by atoms with Crippen molar-refractivity contribution in [2.75, 3.05) is 6.54 Å². The first-order chi connectivity index (χ1) is 7.72. The van der Waals surface area contributed by atoms with Gasteiger partial charge in [0.2, 0.25) is 5.91 Å². The number of benzene rings is 1. The highest BCUT2D eigenvalue weighted by molar-refractivity contribution is 5.82. The lowest BCUT2D eigenvalue weighted by atomic mass is 9.80. The molecule has 1 aromatic rings. The van der Waals surface area contributed by atoms with Crippen LogP contribution in [0.4, 0.5) is 0 Å². The molecule has 84 valence electrons. The third kappa shape index (κ3) is 1.22. The Balaban J connectivity index is 2.00. The summed E-state index contributed by atoms with van der Waals surface area (Å²) < 4.78 is 0. The number of carbonyl (C=O) groups excluding carboxylic acids is 1. The number of carbonyl (C=O) groups is 1. The Hall–Kier alpha value is -1.31. The summed E-state index contributed by atoms with van der Waals surface area (Å²) in [7, 11) is 0. The van der Waals surface area contributed by atoms with Gasteiger partial charge in [0.1, 0.15) is 0 Å². The first kappa shape index (κ1) is 9.88. The van der Waals surface area contributed by atoms with Gasteiger partial charge < -0.3 is 4.90 Å². The summed E-state index contributed by atoms with van der Waals surface area (Å²) in [6.45, 7) is 3.21. The molecule has 3 rings (SSSR count). The minimum atomic E-state index is 0.0818. The standard InChI is InChI=1S/C14H17NO/c1-14-8-5-9-15(14)13(16)10-12(14)11-6-3-2-4-7-11/h2-4,6-7,12H,5,8-10H2,1H3/t12-,14+/m0/s1. The second-order valence-corrected chi connectivity index (χ2v) is 5.17. The zero-order valence-corrected chi connectivity index (χ0v) is 9.65. The summed E-state index contributed by atoms with van der Waals surface area (Å²) in [5.41, 5.74) is 1.40. The molecule has 2 saturated heterocycles. The highest BCUT2D eigenvalue weighted by Gasteiger charge is 2.52. The van der Waals surface area contributed by atoms with Crippen molar-refractivity contribution in [3.8, 4) is 0 Å². The molecule has 0 aliphatic carbocycles. The average molecular weight is 215 g/mol. The Morgan fingerprint density at radius 3 is 2.81 bits per heavy atom. The summed E-state index contributed by atoms with van der Waals surface area (Å²) in [5.74, 6) is 0.734. The molecule has 2 atom stereocenters. The molecule has 0 saturated carbocycles. The van der Waals surface area contributed by atoms with Crippen LogP contribution in [0.1, 0.15) is 37.7 Å². The third-order valence-electron chi connectivity index (χ3n) is 4.31. The van der Waals surface area contributed by atoms with Crippen LogP contribution in [0, 0.1) is 0 Å². The third-order valence-corrected chi connectivity index (χ3v) is 4.31. The SMILES string of the molecule is C[C@]12CCCN1C(=O)C[C@H]2c1ccccc1. The summed E-state index contributed by atoms with van der Waals surface area (Å²) in [4.78, 5) is 14.1. The van der Waals surface area contributed by atoms with Crippen LogP contribution in [0.5, 0.6) is 0 Å². The van der Waals surface area contributed by atoms with Gasteiger partial charge >= 0.3 is 0 Å². The molecular weight excluding hydrogens is 198 g/mol. The molecule has 0 unspecified atom stereocenters. The number of fused-ring (bicyclic) bond motifs is 1. The maximum Gasteiger partial charge on any atom is 0.223 e. The molecule has 16 heavy (non-hydrogen) atoms. The van der Waals surface area contributed by atoms with Gasteiger partial charge in [-0.05, 0) is 25.3 Å². The van der Waals surface area contributed by atoms with Crippen LogP contribution < -0.4 is 0 Å². The normalized spacial score (nSPS) is 33.2. The quantitative estimate of drug-likeness (QED) is 0.705. The van der Waals surface area contributed by atoms with Gasteiger partial charge in [-0.15, -0.1) is 0 Å². The van der Waals surface area contributed by atoms with Crippen LogP contribution in [-0.4, -0.2) is 22.9 Å². The molecule has 2 aliphatic heterocycles. The van der Waals surface area contributed by atoms with E-state index in [9.17, 15) is 4.79 Å². The van der Waals surface area contributed by atoms with Crippen molar-refractivity contribution in [2.24, 2.45) is 0 Å². The second kappa shape index (κ2) is 3.34. The largest absolute Gasteiger partial charge is 0.337 e. The summed E-state index contributed by atoms with van der Waals surface area (Å²) in [5, 5.41) is 0. The molecule has 1 aromatic carbocycles. The van der Waals surface area contributed by atoms with Crippen LogP contribution >= 0.6 is 0 Å². The van der Waals surface area contributed by atoms with Gasteiger partial charge in [-0.2, -0.15) is 0 Å². The van der Waals surface area contributed by atoms with E-state index < -0.39 is 0 Å².